The van der Waals surface area contributed by atoms with E-state index in [9.17, 15) is 4.79 Å². The van der Waals surface area contributed by atoms with Crippen LogP contribution in [0.3, 0.4) is 0 Å². The molecule has 0 saturated carbocycles. The normalized spacial score (nSPS) is 11.2. The first-order valence-corrected chi connectivity index (χ1v) is 6.41. The molecule has 5 heteroatoms. The molecule has 0 heterocycles. The lowest BCUT2D eigenvalue weighted by Crippen LogP contribution is -2.19. The first-order valence-electron chi connectivity index (χ1n) is 6.03. The molecule has 0 aliphatic heterocycles. The standard InChI is InChI=1S/C15H14ClN3O/c1-10(13-4-2-3-5-14(13)17)18-19-15(20)11-6-8-12(16)9-7-11/h2-9H,17H2,1H3,(H,19,20)/b18-10+. The van der Waals surface area contributed by atoms with E-state index in [0.29, 0.717) is 22.0 Å². The number of rotatable bonds is 3. The van der Waals surface area contributed by atoms with Crippen molar-refractivity contribution in [3.05, 3.63) is 64.7 Å². The zero-order valence-electron chi connectivity index (χ0n) is 10.9. The molecule has 0 aliphatic carbocycles. The van der Waals surface area contributed by atoms with E-state index in [1.165, 1.54) is 0 Å². The van der Waals surface area contributed by atoms with Crippen LogP contribution in [0.4, 0.5) is 5.69 Å². The number of nitrogens with two attached hydrogens (primary N) is 1. The molecular formula is C15H14ClN3O. The van der Waals surface area contributed by atoms with Gasteiger partial charge in [0.2, 0.25) is 0 Å². The largest absolute Gasteiger partial charge is 0.398 e. The Morgan fingerprint density at radius 1 is 1.15 bits per heavy atom. The maximum Gasteiger partial charge on any atom is 0.271 e. The number of hydrazone groups is 1. The first kappa shape index (κ1) is 14.1. The van der Waals surface area contributed by atoms with Gasteiger partial charge >= 0.3 is 0 Å². The van der Waals surface area contributed by atoms with Crippen LogP contribution in [0.1, 0.15) is 22.8 Å². The second-order valence-electron chi connectivity index (χ2n) is 4.23. The van der Waals surface area contributed by atoms with Gasteiger partial charge in [-0.15, -0.1) is 0 Å². The van der Waals surface area contributed by atoms with E-state index in [2.05, 4.69) is 10.5 Å². The van der Waals surface area contributed by atoms with Gasteiger partial charge in [0, 0.05) is 21.8 Å². The Balaban J connectivity index is 2.11. The van der Waals surface area contributed by atoms with Gasteiger partial charge in [-0.25, -0.2) is 5.43 Å². The number of anilines is 1. The second-order valence-corrected chi connectivity index (χ2v) is 4.67. The van der Waals surface area contributed by atoms with E-state index in [1.807, 2.05) is 18.2 Å². The van der Waals surface area contributed by atoms with Crippen LogP contribution in [0.25, 0.3) is 0 Å². The average Bonchev–Trinajstić information content (AvgIpc) is 2.45. The second kappa shape index (κ2) is 6.21. The maximum absolute atomic E-state index is 11.9. The highest BCUT2D eigenvalue weighted by molar-refractivity contribution is 6.30. The summed E-state index contributed by atoms with van der Waals surface area (Å²) in [6.45, 7) is 1.79. The molecule has 2 aromatic carbocycles. The van der Waals surface area contributed by atoms with E-state index in [1.54, 1.807) is 37.3 Å². The number of amides is 1. The number of halogens is 1. The van der Waals surface area contributed by atoms with Crippen LogP contribution in [0.15, 0.2) is 53.6 Å². The summed E-state index contributed by atoms with van der Waals surface area (Å²) in [5.74, 6) is -0.296. The quantitative estimate of drug-likeness (QED) is 0.517. The van der Waals surface area contributed by atoms with Crippen LogP contribution in [0.2, 0.25) is 5.02 Å². The summed E-state index contributed by atoms with van der Waals surface area (Å²) >= 11 is 5.77. The minimum atomic E-state index is -0.296. The number of hydrogen-bond donors (Lipinski definition) is 2. The third-order valence-corrected chi connectivity index (χ3v) is 3.03. The molecule has 0 unspecified atom stereocenters. The molecule has 0 bridgehead atoms. The van der Waals surface area contributed by atoms with Gasteiger partial charge < -0.3 is 5.73 Å². The van der Waals surface area contributed by atoms with Crippen LogP contribution in [0.5, 0.6) is 0 Å². The highest BCUT2D eigenvalue weighted by atomic mass is 35.5. The molecule has 0 fully saturated rings. The van der Waals surface area contributed by atoms with Crippen LogP contribution in [0, 0.1) is 0 Å². The number of hydrogen-bond acceptors (Lipinski definition) is 3. The predicted octanol–water partition coefficient (Wildman–Crippen LogP) is 3.08. The van der Waals surface area contributed by atoms with Crippen molar-refractivity contribution in [1.29, 1.82) is 0 Å². The third-order valence-electron chi connectivity index (χ3n) is 2.78. The monoisotopic (exact) mass is 287 g/mol. The average molecular weight is 288 g/mol. The molecule has 2 aromatic rings. The highest BCUT2D eigenvalue weighted by Gasteiger charge is 2.05. The number of nitrogens with zero attached hydrogens (tertiary/aromatic N) is 1. The van der Waals surface area contributed by atoms with Crippen molar-refractivity contribution in [2.45, 2.75) is 6.92 Å². The molecule has 0 saturated heterocycles. The Labute approximate surface area is 122 Å². The Kier molecular flexibility index (Phi) is 4.38. The Bertz CT molecular complexity index is 650. The third kappa shape index (κ3) is 3.36. The number of para-hydroxylation sites is 1. The van der Waals surface area contributed by atoms with Crippen LogP contribution >= 0.6 is 11.6 Å². The van der Waals surface area contributed by atoms with Crippen molar-refractivity contribution in [2.24, 2.45) is 5.10 Å². The number of carbonyl (C=O) groups excluding carboxylic acids is 1. The molecule has 102 valence electrons. The van der Waals surface area contributed by atoms with Crippen LogP contribution < -0.4 is 11.2 Å². The highest BCUT2D eigenvalue weighted by Crippen LogP contribution is 2.12. The minimum absolute atomic E-state index is 0.296. The summed E-state index contributed by atoms with van der Waals surface area (Å²) in [5, 5.41) is 4.64. The molecule has 0 aliphatic rings. The van der Waals surface area contributed by atoms with Gasteiger partial charge in [-0.1, -0.05) is 29.8 Å². The summed E-state index contributed by atoms with van der Waals surface area (Å²) < 4.78 is 0. The van der Waals surface area contributed by atoms with E-state index in [-0.39, 0.29) is 5.91 Å². The van der Waals surface area contributed by atoms with Gasteiger partial charge in [-0.05, 0) is 37.3 Å². The van der Waals surface area contributed by atoms with E-state index in [0.717, 1.165) is 5.56 Å². The Morgan fingerprint density at radius 2 is 1.80 bits per heavy atom. The van der Waals surface area contributed by atoms with Crippen molar-refractivity contribution in [1.82, 2.24) is 5.43 Å². The zero-order valence-corrected chi connectivity index (χ0v) is 11.7. The first-order chi connectivity index (χ1) is 9.58. The molecule has 1 amide bonds. The smallest absolute Gasteiger partial charge is 0.271 e. The zero-order chi connectivity index (χ0) is 14.5. The molecule has 4 nitrogen and oxygen atoms in total. The van der Waals surface area contributed by atoms with Gasteiger partial charge in [-0.3, -0.25) is 4.79 Å². The molecule has 0 radical (unpaired) electrons. The summed E-state index contributed by atoms with van der Waals surface area (Å²) in [6, 6.07) is 13.9. The molecule has 0 atom stereocenters. The fourth-order valence-electron chi connectivity index (χ4n) is 1.69. The maximum atomic E-state index is 11.9. The molecule has 2 rings (SSSR count). The van der Waals surface area contributed by atoms with Crippen molar-refractivity contribution in [2.75, 3.05) is 5.73 Å². The van der Waals surface area contributed by atoms with Gasteiger partial charge in [0.15, 0.2) is 0 Å². The van der Waals surface area contributed by atoms with Crippen molar-refractivity contribution >= 4 is 28.9 Å². The van der Waals surface area contributed by atoms with Gasteiger partial charge in [0.05, 0.1) is 5.71 Å². The van der Waals surface area contributed by atoms with E-state index in [4.69, 9.17) is 17.3 Å². The Hall–Kier alpha value is -2.33. The molecule has 3 N–H and O–H groups in total. The Morgan fingerprint density at radius 3 is 2.45 bits per heavy atom. The topological polar surface area (TPSA) is 67.5 Å². The predicted molar refractivity (Wildman–Crippen MR) is 82.0 cm³/mol. The lowest BCUT2D eigenvalue weighted by atomic mass is 10.1. The molecule has 20 heavy (non-hydrogen) atoms. The van der Waals surface area contributed by atoms with Gasteiger partial charge in [0.1, 0.15) is 0 Å². The molecule has 0 aromatic heterocycles. The summed E-state index contributed by atoms with van der Waals surface area (Å²) in [6.07, 6.45) is 0. The minimum Gasteiger partial charge on any atom is -0.398 e. The van der Waals surface area contributed by atoms with E-state index >= 15 is 0 Å². The van der Waals surface area contributed by atoms with Crippen molar-refractivity contribution in [3.8, 4) is 0 Å². The lowest BCUT2D eigenvalue weighted by Gasteiger charge is -2.05. The fraction of sp³-hybridized carbons (Fsp3) is 0.0667. The number of nitrogens with one attached hydrogen (secondary N) is 1. The van der Waals surface area contributed by atoms with Gasteiger partial charge in [0.25, 0.3) is 5.91 Å². The fourth-order valence-corrected chi connectivity index (χ4v) is 1.81. The van der Waals surface area contributed by atoms with Crippen LogP contribution in [-0.2, 0) is 0 Å². The summed E-state index contributed by atoms with van der Waals surface area (Å²) in [7, 11) is 0. The summed E-state index contributed by atoms with van der Waals surface area (Å²) in [4.78, 5) is 11.9. The lowest BCUT2D eigenvalue weighted by molar-refractivity contribution is 0.0955. The number of benzene rings is 2. The van der Waals surface area contributed by atoms with Crippen LogP contribution in [-0.4, -0.2) is 11.6 Å². The summed E-state index contributed by atoms with van der Waals surface area (Å²) in [5.41, 5.74) is 10.9. The van der Waals surface area contributed by atoms with Crippen molar-refractivity contribution < 1.29 is 4.79 Å². The molecule has 0 spiro atoms. The molecular weight excluding hydrogens is 274 g/mol. The number of carbonyl (C=O) groups is 1. The van der Waals surface area contributed by atoms with Crippen molar-refractivity contribution in [3.63, 3.8) is 0 Å². The van der Waals surface area contributed by atoms with E-state index < -0.39 is 0 Å². The SMILES string of the molecule is C/C(=N\NC(=O)c1ccc(Cl)cc1)c1ccccc1N. The van der Waals surface area contributed by atoms with Gasteiger partial charge in [-0.2, -0.15) is 5.10 Å². The number of nitrogen functional groups attached to an aromatic ring is 1.